The van der Waals surface area contributed by atoms with Gasteiger partial charge in [-0.1, -0.05) is 0 Å². The van der Waals surface area contributed by atoms with Crippen LogP contribution in [0.15, 0.2) is 12.0 Å². The van der Waals surface area contributed by atoms with E-state index in [1.165, 1.54) is 6.08 Å². The summed E-state index contributed by atoms with van der Waals surface area (Å²) in [4.78, 5) is 10.2. The molecule has 0 saturated heterocycles. The third-order valence-electron chi connectivity index (χ3n) is 0.765. The van der Waals surface area contributed by atoms with Gasteiger partial charge < -0.3 is 5.11 Å². The molecule has 0 aromatic rings. The molecule has 0 aromatic heterocycles. The summed E-state index contributed by atoms with van der Waals surface area (Å²) in [5.41, 5.74) is 5.33. The zero-order chi connectivity index (χ0) is 5.98. The molecule has 0 fully saturated rings. The maximum absolute atomic E-state index is 10.2. The maximum atomic E-state index is 10.2. The van der Waals surface area contributed by atoms with Crippen molar-refractivity contribution in [3.8, 4) is 0 Å². The quantitative estimate of drug-likeness (QED) is 0.442. The van der Waals surface area contributed by atoms with Crippen molar-refractivity contribution in [3.05, 3.63) is 12.0 Å². The number of carbonyl (C=O) groups excluding carboxylic acids is 1. The third-order valence-corrected chi connectivity index (χ3v) is 0.765. The van der Waals surface area contributed by atoms with Gasteiger partial charge in [-0.25, -0.2) is 5.43 Å². The zero-order valence-electron chi connectivity index (χ0n) is 4.09. The molecular weight excluding hydrogens is 108 g/mol. The van der Waals surface area contributed by atoms with Crippen LogP contribution in [0.4, 0.5) is 0 Å². The molecule has 0 spiro atoms. The van der Waals surface area contributed by atoms with Crippen LogP contribution in [-0.2, 0) is 4.79 Å². The summed E-state index contributed by atoms with van der Waals surface area (Å²) in [5, 5.41) is 8.53. The van der Waals surface area contributed by atoms with Gasteiger partial charge in [0.05, 0.1) is 6.42 Å². The number of aliphatic hydroxyl groups excluding tert-OH is 1. The molecule has 1 amide bonds. The molecule has 43 valence electrons. The van der Waals surface area contributed by atoms with E-state index >= 15 is 0 Å². The standard InChI is InChI=1S/C4H5N2O2/c7-3-1-2-4(8)6-5-3/h1,5,7H,2H2. The molecule has 4 heteroatoms. The number of hydrogen-bond acceptors (Lipinski definition) is 3. The highest BCUT2D eigenvalue weighted by atomic mass is 16.3. The molecule has 1 radical (unpaired) electrons. The van der Waals surface area contributed by atoms with Gasteiger partial charge in [0.25, 0.3) is 5.91 Å². The molecule has 0 saturated carbocycles. The smallest absolute Gasteiger partial charge is 0.266 e. The summed E-state index contributed by atoms with van der Waals surface area (Å²) >= 11 is 0. The lowest BCUT2D eigenvalue weighted by Gasteiger charge is -2.06. The summed E-state index contributed by atoms with van der Waals surface area (Å²) in [5.74, 6) is -0.313. The second-order valence-corrected chi connectivity index (χ2v) is 1.41. The Hall–Kier alpha value is -1.19. The van der Waals surface area contributed by atoms with E-state index in [9.17, 15) is 4.79 Å². The Balaban J connectivity index is 2.55. The van der Waals surface area contributed by atoms with Crippen LogP contribution in [0.3, 0.4) is 0 Å². The molecule has 0 bridgehead atoms. The molecule has 1 aliphatic rings. The molecule has 0 aromatic carbocycles. The predicted molar refractivity (Wildman–Crippen MR) is 25.6 cm³/mol. The highest BCUT2D eigenvalue weighted by Crippen LogP contribution is 1.92. The third kappa shape index (κ3) is 0.900. The fourth-order valence-electron chi connectivity index (χ4n) is 0.395. The van der Waals surface area contributed by atoms with Gasteiger partial charge in [0.15, 0.2) is 0 Å². The first kappa shape index (κ1) is 4.96. The van der Waals surface area contributed by atoms with Crippen LogP contribution < -0.4 is 10.9 Å². The van der Waals surface area contributed by atoms with E-state index < -0.39 is 0 Å². The lowest BCUT2D eigenvalue weighted by molar-refractivity contribution is -0.122. The summed E-state index contributed by atoms with van der Waals surface area (Å²) in [6.45, 7) is 0. The fraction of sp³-hybridized carbons (Fsp3) is 0.250. The van der Waals surface area contributed by atoms with Crippen LogP contribution in [0.1, 0.15) is 6.42 Å². The summed E-state index contributed by atoms with van der Waals surface area (Å²) < 4.78 is 0. The number of amides is 1. The van der Waals surface area contributed by atoms with Crippen molar-refractivity contribution in [1.82, 2.24) is 10.9 Å². The second kappa shape index (κ2) is 1.73. The molecule has 1 aliphatic heterocycles. The Labute approximate surface area is 46.2 Å². The molecule has 1 rings (SSSR count). The minimum atomic E-state index is -0.261. The first-order chi connectivity index (χ1) is 3.79. The van der Waals surface area contributed by atoms with E-state index in [0.717, 1.165) is 0 Å². The van der Waals surface area contributed by atoms with Crippen LogP contribution in [0.25, 0.3) is 0 Å². The van der Waals surface area contributed by atoms with Crippen molar-refractivity contribution in [2.75, 3.05) is 0 Å². The van der Waals surface area contributed by atoms with Crippen LogP contribution in [0.5, 0.6) is 0 Å². The minimum absolute atomic E-state index is 0.0513. The fourth-order valence-corrected chi connectivity index (χ4v) is 0.395. The van der Waals surface area contributed by atoms with Gasteiger partial charge in [0.2, 0.25) is 5.88 Å². The summed E-state index contributed by atoms with van der Waals surface area (Å²) in [6, 6.07) is 0. The molecule has 2 N–H and O–H groups in total. The van der Waals surface area contributed by atoms with Gasteiger partial charge in [-0.15, -0.1) is 5.43 Å². The van der Waals surface area contributed by atoms with Gasteiger partial charge in [0.1, 0.15) is 0 Å². The topological polar surface area (TPSA) is 63.4 Å². The van der Waals surface area contributed by atoms with Gasteiger partial charge >= 0.3 is 0 Å². The lowest BCUT2D eigenvalue weighted by Crippen LogP contribution is -2.32. The van der Waals surface area contributed by atoms with Gasteiger partial charge in [-0.3, -0.25) is 4.79 Å². The van der Waals surface area contributed by atoms with E-state index in [-0.39, 0.29) is 18.2 Å². The number of nitrogens with zero attached hydrogens (tertiary/aromatic N) is 1. The Kier molecular flexibility index (Phi) is 1.07. The molecular formula is C4H5N2O2. The van der Waals surface area contributed by atoms with Crippen LogP contribution >= 0.6 is 0 Å². The highest BCUT2D eigenvalue weighted by molar-refractivity contribution is 5.77. The largest absolute Gasteiger partial charge is 0.494 e. The average Bonchev–Trinajstić information content (AvgIpc) is 1.77. The van der Waals surface area contributed by atoms with Gasteiger partial charge in [-0.2, -0.15) is 0 Å². The SMILES string of the molecule is O=C1CC=C(O)N[N]1. The monoisotopic (exact) mass is 113 g/mol. The van der Waals surface area contributed by atoms with Gasteiger partial charge in [0, 0.05) is 0 Å². The van der Waals surface area contributed by atoms with E-state index in [4.69, 9.17) is 5.11 Å². The first-order valence-corrected chi connectivity index (χ1v) is 2.18. The maximum Gasteiger partial charge on any atom is 0.266 e. The summed E-state index contributed by atoms with van der Waals surface area (Å²) in [6.07, 6.45) is 1.56. The molecule has 0 aliphatic carbocycles. The molecule has 8 heavy (non-hydrogen) atoms. The second-order valence-electron chi connectivity index (χ2n) is 1.41. The highest BCUT2D eigenvalue weighted by Gasteiger charge is 2.07. The first-order valence-electron chi connectivity index (χ1n) is 2.18. The molecule has 1 heterocycles. The Morgan fingerprint density at radius 3 is 3.00 bits per heavy atom. The van der Waals surface area contributed by atoms with Crippen molar-refractivity contribution in [1.29, 1.82) is 0 Å². The van der Waals surface area contributed by atoms with Crippen molar-refractivity contribution in [2.24, 2.45) is 0 Å². The van der Waals surface area contributed by atoms with E-state index in [2.05, 4.69) is 10.9 Å². The molecule has 0 unspecified atom stereocenters. The average molecular weight is 113 g/mol. The molecule has 4 nitrogen and oxygen atoms in total. The van der Waals surface area contributed by atoms with Gasteiger partial charge in [-0.05, 0) is 6.08 Å². The van der Waals surface area contributed by atoms with Crippen molar-refractivity contribution < 1.29 is 9.90 Å². The Bertz CT molecular complexity index is 141. The number of hydrogen-bond donors (Lipinski definition) is 2. The Morgan fingerprint density at radius 1 is 1.88 bits per heavy atom. The Morgan fingerprint density at radius 2 is 2.62 bits per heavy atom. The lowest BCUT2D eigenvalue weighted by atomic mass is 10.4. The zero-order valence-corrected chi connectivity index (χ0v) is 4.09. The number of nitrogens with one attached hydrogen (secondary N) is 1. The van der Waals surface area contributed by atoms with E-state index in [1.807, 2.05) is 0 Å². The van der Waals surface area contributed by atoms with E-state index in [0.29, 0.717) is 0 Å². The van der Waals surface area contributed by atoms with Crippen LogP contribution in [0.2, 0.25) is 0 Å². The number of carbonyl (C=O) groups is 1. The van der Waals surface area contributed by atoms with Crippen LogP contribution in [0, 0.1) is 0 Å². The number of aliphatic hydroxyl groups is 1. The normalized spacial score (nSPS) is 18.5. The predicted octanol–water partition coefficient (Wildman–Crippen LogP) is -0.575. The van der Waals surface area contributed by atoms with E-state index in [1.54, 1.807) is 0 Å². The van der Waals surface area contributed by atoms with Crippen molar-refractivity contribution in [2.45, 2.75) is 6.42 Å². The van der Waals surface area contributed by atoms with Crippen molar-refractivity contribution in [3.63, 3.8) is 0 Å². The molecule has 0 atom stereocenters. The minimum Gasteiger partial charge on any atom is -0.494 e. The van der Waals surface area contributed by atoms with Crippen LogP contribution in [-0.4, -0.2) is 11.0 Å². The summed E-state index contributed by atoms with van der Waals surface area (Å²) in [7, 11) is 0. The number of rotatable bonds is 0. The van der Waals surface area contributed by atoms with Crippen molar-refractivity contribution >= 4 is 5.91 Å².